The van der Waals surface area contributed by atoms with Gasteiger partial charge in [-0.2, -0.15) is 8.78 Å². The molecule has 0 aromatic rings. The molecule has 3 nitrogen and oxygen atoms in total. The number of hydrogen-bond donors (Lipinski definition) is 1. The number of halogens is 2. The average Bonchev–Trinajstić information content (AvgIpc) is 2.44. The zero-order valence-corrected chi connectivity index (χ0v) is 7.25. The van der Waals surface area contributed by atoms with E-state index in [-0.39, 0.29) is 31.8 Å². The normalized spacial score (nSPS) is 39.0. The molecule has 0 amide bonds. The summed E-state index contributed by atoms with van der Waals surface area (Å²) in [5.41, 5.74) is 0. The zero-order chi connectivity index (χ0) is 9.47. The van der Waals surface area contributed by atoms with Crippen molar-refractivity contribution in [2.45, 2.75) is 31.0 Å². The van der Waals surface area contributed by atoms with Gasteiger partial charge in [0, 0.05) is 12.1 Å². The molecule has 0 bridgehead atoms. The van der Waals surface area contributed by atoms with Crippen LogP contribution in [0.4, 0.5) is 8.78 Å². The van der Waals surface area contributed by atoms with Crippen LogP contribution in [0.5, 0.6) is 0 Å². The fraction of sp³-hybridized carbons (Fsp3) is 1.00. The van der Waals surface area contributed by atoms with Gasteiger partial charge in [0.1, 0.15) is 0 Å². The highest BCUT2D eigenvalue weighted by Crippen LogP contribution is 2.33. The van der Waals surface area contributed by atoms with Gasteiger partial charge < -0.3 is 9.84 Å². The molecule has 2 rings (SSSR count). The van der Waals surface area contributed by atoms with E-state index in [9.17, 15) is 8.78 Å². The molecule has 0 aromatic carbocycles. The molecule has 2 saturated heterocycles. The smallest absolute Gasteiger partial charge is 0.368 e. The standard InChI is InChI=1S/C8H13F2NO2/c9-8(10)5-11-6(3-12)1-2-7(11)4-13-8/h6-7,12H,1-5H2/t6-,7-/m1/s1. The number of ether oxygens (including phenoxy) is 1. The summed E-state index contributed by atoms with van der Waals surface area (Å²) in [4.78, 5) is 1.67. The van der Waals surface area contributed by atoms with Crippen molar-refractivity contribution in [1.29, 1.82) is 0 Å². The van der Waals surface area contributed by atoms with Gasteiger partial charge in [-0.1, -0.05) is 0 Å². The van der Waals surface area contributed by atoms with Crippen LogP contribution in [0.25, 0.3) is 0 Å². The number of hydrogen-bond acceptors (Lipinski definition) is 3. The van der Waals surface area contributed by atoms with Crippen molar-refractivity contribution in [3.8, 4) is 0 Å². The molecule has 0 unspecified atom stereocenters. The minimum atomic E-state index is -3.03. The molecule has 0 spiro atoms. The Hall–Kier alpha value is -0.260. The van der Waals surface area contributed by atoms with E-state index >= 15 is 0 Å². The zero-order valence-electron chi connectivity index (χ0n) is 7.25. The maximum atomic E-state index is 12.8. The lowest BCUT2D eigenvalue weighted by Crippen LogP contribution is -2.53. The van der Waals surface area contributed by atoms with Gasteiger partial charge in [0.05, 0.1) is 19.8 Å². The first-order chi connectivity index (χ1) is 6.12. The first-order valence-electron chi connectivity index (χ1n) is 4.51. The molecule has 2 aliphatic rings. The van der Waals surface area contributed by atoms with E-state index in [0.717, 1.165) is 12.8 Å². The van der Waals surface area contributed by atoms with E-state index in [4.69, 9.17) is 5.11 Å². The summed E-state index contributed by atoms with van der Waals surface area (Å²) in [5.74, 6) is 0. The van der Waals surface area contributed by atoms with Gasteiger partial charge >= 0.3 is 6.11 Å². The predicted octanol–water partition coefficient (Wildman–Crippen LogP) is 0.435. The van der Waals surface area contributed by atoms with E-state index in [1.54, 1.807) is 4.90 Å². The number of aliphatic hydroxyl groups is 1. The highest BCUT2D eigenvalue weighted by molar-refractivity contribution is 4.91. The maximum absolute atomic E-state index is 12.8. The molecule has 2 heterocycles. The van der Waals surface area contributed by atoms with E-state index in [2.05, 4.69) is 4.74 Å². The van der Waals surface area contributed by atoms with E-state index in [1.807, 2.05) is 0 Å². The van der Waals surface area contributed by atoms with E-state index in [0.29, 0.717) is 0 Å². The molecular weight excluding hydrogens is 180 g/mol. The second kappa shape index (κ2) is 3.15. The molecule has 0 aromatic heterocycles. The molecule has 5 heteroatoms. The van der Waals surface area contributed by atoms with Crippen molar-refractivity contribution in [3.63, 3.8) is 0 Å². The predicted molar refractivity (Wildman–Crippen MR) is 41.5 cm³/mol. The summed E-state index contributed by atoms with van der Waals surface area (Å²) in [6.07, 6.45) is -1.39. The fourth-order valence-electron chi connectivity index (χ4n) is 2.12. The van der Waals surface area contributed by atoms with Crippen molar-refractivity contribution >= 4 is 0 Å². The molecular formula is C8H13F2NO2. The van der Waals surface area contributed by atoms with Crippen molar-refractivity contribution < 1.29 is 18.6 Å². The Balaban J connectivity index is 2.05. The van der Waals surface area contributed by atoms with Gasteiger partial charge in [-0.05, 0) is 12.8 Å². The second-order valence-corrected chi connectivity index (χ2v) is 3.69. The molecule has 76 valence electrons. The Bertz CT molecular complexity index is 195. The molecule has 0 saturated carbocycles. The second-order valence-electron chi connectivity index (χ2n) is 3.69. The highest BCUT2D eigenvalue weighted by Gasteiger charge is 2.46. The SMILES string of the molecule is OC[C@H]1CC[C@@H]2COC(F)(F)CN21. The number of morpholine rings is 1. The Labute approximate surface area is 75.3 Å². The van der Waals surface area contributed by atoms with Gasteiger partial charge in [0.15, 0.2) is 0 Å². The minimum absolute atomic E-state index is 0.0351. The van der Waals surface area contributed by atoms with Crippen LogP contribution in [-0.2, 0) is 4.74 Å². The molecule has 2 fully saturated rings. The average molecular weight is 193 g/mol. The largest absolute Gasteiger partial charge is 0.395 e. The summed E-state index contributed by atoms with van der Waals surface area (Å²) < 4.78 is 30.0. The topological polar surface area (TPSA) is 32.7 Å². The van der Waals surface area contributed by atoms with Crippen molar-refractivity contribution in [3.05, 3.63) is 0 Å². The molecule has 0 aliphatic carbocycles. The van der Waals surface area contributed by atoms with Crippen LogP contribution in [0.3, 0.4) is 0 Å². The lowest BCUT2D eigenvalue weighted by Gasteiger charge is -2.37. The van der Waals surface area contributed by atoms with Crippen LogP contribution in [0.2, 0.25) is 0 Å². The minimum Gasteiger partial charge on any atom is -0.395 e. The number of fused-ring (bicyclic) bond motifs is 1. The van der Waals surface area contributed by atoms with Crippen molar-refractivity contribution in [1.82, 2.24) is 4.90 Å². The summed E-state index contributed by atoms with van der Waals surface area (Å²) in [6, 6.07) is -0.0171. The molecule has 2 aliphatic heterocycles. The van der Waals surface area contributed by atoms with Crippen LogP contribution in [-0.4, -0.2) is 48.0 Å². The van der Waals surface area contributed by atoms with Crippen molar-refractivity contribution in [2.75, 3.05) is 19.8 Å². The van der Waals surface area contributed by atoms with E-state index < -0.39 is 6.11 Å². The molecule has 2 atom stereocenters. The third-order valence-electron chi connectivity index (χ3n) is 2.84. The Morgan fingerprint density at radius 2 is 2.23 bits per heavy atom. The van der Waals surface area contributed by atoms with Crippen molar-refractivity contribution in [2.24, 2.45) is 0 Å². The third-order valence-corrected chi connectivity index (χ3v) is 2.84. The molecule has 1 N–H and O–H groups in total. The Morgan fingerprint density at radius 3 is 2.92 bits per heavy atom. The molecule has 0 radical (unpaired) electrons. The maximum Gasteiger partial charge on any atom is 0.368 e. The number of nitrogens with zero attached hydrogens (tertiary/aromatic N) is 1. The summed E-state index contributed by atoms with van der Waals surface area (Å²) in [6.45, 7) is -0.320. The summed E-state index contributed by atoms with van der Waals surface area (Å²) in [5, 5.41) is 8.95. The van der Waals surface area contributed by atoms with Gasteiger partial charge in [-0.15, -0.1) is 0 Å². The number of alkyl halides is 2. The molecule has 13 heavy (non-hydrogen) atoms. The van der Waals surface area contributed by atoms with Crippen LogP contribution in [0, 0.1) is 0 Å². The first-order valence-corrected chi connectivity index (χ1v) is 4.51. The highest BCUT2D eigenvalue weighted by atomic mass is 19.3. The van der Waals surface area contributed by atoms with Gasteiger partial charge in [0.25, 0.3) is 0 Å². The summed E-state index contributed by atoms with van der Waals surface area (Å²) in [7, 11) is 0. The van der Waals surface area contributed by atoms with Crippen LogP contribution in [0.15, 0.2) is 0 Å². The fourth-order valence-corrected chi connectivity index (χ4v) is 2.12. The summed E-state index contributed by atoms with van der Waals surface area (Å²) >= 11 is 0. The van der Waals surface area contributed by atoms with Crippen LogP contribution < -0.4 is 0 Å². The van der Waals surface area contributed by atoms with Gasteiger partial charge in [-0.25, -0.2) is 0 Å². The lowest BCUT2D eigenvalue weighted by molar-refractivity contribution is -0.281. The van der Waals surface area contributed by atoms with Crippen LogP contribution in [0.1, 0.15) is 12.8 Å². The number of rotatable bonds is 1. The van der Waals surface area contributed by atoms with Gasteiger partial charge in [0.2, 0.25) is 0 Å². The monoisotopic (exact) mass is 193 g/mol. The Morgan fingerprint density at radius 1 is 1.46 bits per heavy atom. The number of aliphatic hydroxyl groups excluding tert-OH is 1. The van der Waals surface area contributed by atoms with Crippen LogP contribution >= 0.6 is 0 Å². The lowest BCUT2D eigenvalue weighted by atomic mass is 10.2. The van der Waals surface area contributed by atoms with E-state index in [1.165, 1.54) is 0 Å². The third kappa shape index (κ3) is 1.68. The van der Waals surface area contributed by atoms with Gasteiger partial charge in [-0.3, -0.25) is 4.90 Å². The quantitative estimate of drug-likeness (QED) is 0.655. The first kappa shape index (κ1) is 9.30. The Kier molecular flexibility index (Phi) is 2.25.